The van der Waals surface area contributed by atoms with Gasteiger partial charge >= 0.3 is 0 Å². The molecule has 0 spiro atoms. The molecule has 1 atom stereocenters. The Bertz CT molecular complexity index is 729. The van der Waals surface area contributed by atoms with Crippen molar-refractivity contribution in [1.29, 1.82) is 0 Å². The fourth-order valence-electron chi connectivity index (χ4n) is 2.40. The smallest absolute Gasteiger partial charge is 0.0392 e. The number of hydrogen-bond acceptors (Lipinski definition) is 3. The highest BCUT2D eigenvalue weighted by Crippen LogP contribution is 2.34. The van der Waals surface area contributed by atoms with Crippen LogP contribution < -0.4 is 5.32 Å². The van der Waals surface area contributed by atoms with Crippen LogP contribution in [0.2, 0.25) is 0 Å². The summed E-state index contributed by atoms with van der Waals surface area (Å²) in [7, 11) is 0. The first-order valence-electron chi connectivity index (χ1n) is 6.60. The Morgan fingerprint density at radius 3 is 2.75 bits per heavy atom. The van der Waals surface area contributed by atoms with E-state index in [-0.39, 0.29) is 0 Å². The third-order valence-corrected chi connectivity index (χ3v) is 6.92. The molecule has 0 aliphatic carbocycles. The van der Waals surface area contributed by atoms with Crippen LogP contribution in [-0.4, -0.2) is 0 Å². The van der Waals surface area contributed by atoms with Gasteiger partial charge in [-0.05, 0) is 58.2 Å². The second-order valence-electron chi connectivity index (χ2n) is 4.88. The molecule has 1 nitrogen and oxygen atoms in total. The minimum atomic E-state index is 0.376. The van der Waals surface area contributed by atoms with Gasteiger partial charge in [-0.1, -0.05) is 18.2 Å². The summed E-state index contributed by atoms with van der Waals surface area (Å²) in [6, 6.07) is 11.1. The van der Waals surface area contributed by atoms with Gasteiger partial charge in [-0.2, -0.15) is 0 Å². The predicted octanol–water partition coefficient (Wildman–Crippen LogP) is 5.88. The third-order valence-electron chi connectivity index (χ3n) is 3.53. The van der Waals surface area contributed by atoms with E-state index in [1.54, 1.807) is 11.3 Å². The van der Waals surface area contributed by atoms with Crippen LogP contribution in [0.1, 0.15) is 28.3 Å². The molecule has 4 heteroatoms. The molecule has 0 aliphatic rings. The van der Waals surface area contributed by atoms with Gasteiger partial charge in [0, 0.05) is 31.5 Å². The molecular weight excluding hydrogens is 350 g/mol. The van der Waals surface area contributed by atoms with E-state index in [1.807, 2.05) is 11.3 Å². The first-order valence-corrected chi connectivity index (χ1v) is 9.09. The fraction of sp³-hybridized carbons (Fsp3) is 0.250. The van der Waals surface area contributed by atoms with E-state index in [0.717, 1.165) is 6.54 Å². The summed E-state index contributed by atoms with van der Waals surface area (Å²) in [5.41, 5.74) is 1.41. The van der Waals surface area contributed by atoms with Crippen molar-refractivity contribution in [3.05, 3.63) is 55.5 Å². The summed E-state index contributed by atoms with van der Waals surface area (Å²) in [5, 5.41) is 7.14. The van der Waals surface area contributed by atoms with Gasteiger partial charge in [-0.3, -0.25) is 0 Å². The number of halogens is 1. The molecule has 0 aliphatic heterocycles. The minimum absolute atomic E-state index is 0.376. The number of hydrogen-bond donors (Lipinski definition) is 1. The molecule has 1 N–H and O–H groups in total. The molecular formula is C16H16BrNS2. The zero-order valence-corrected chi connectivity index (χ0v) is 14.7. The van der Waals surface area contributed by atoms with Crippen LogP contribution in [0.25, 0.3) is 10.1 Å². The Kier molecular flexibility index (Phi) is 4.26. The molecule has 0 fully saturated rings. The molecule has 0 amide bonds. The van der Waals surface area contributed by atoms with Crippen molar-refractivity contribution < 1.29 is 0 Å². The summed E-state index contributed by atoms with van der Waals surface area (Å²) < 4.78 is 2.58. The predicted molar refractivity (Wildman–Crippen MR) is 93.8 cm³/mol. The number of aryl methyl sites for hydroxylation is 1. The number of rotatable bonds is 4. The van der Waals surface area contributed by atoms with E-state index in [1.165, 1.54) is 29.9 Å². The zero-order valence-electron chi connectivity index (χ0n) is 11.4. The summed E-state index contributed by atoms with van der Waals surface area (Å²) in [6.07, 6.45) is 0. The molecule has 0 saturated heterocycles. The van der Waals surface area contributed by atoms with Gasteiger partial charge in [0.25, 0.3) is 0 Å². The summed E-state index contributed by atoms with van der Waals surface area (Å²) in [6.45, 7) is 5.39. The van der Waals surface area contributed by atoms with Gasteiger partial charge in [-0.15, -0.1) is 22.7 Å². The molecule has 104 valence electrons. The number of thiophene rings is 2. The zero-order chi connectivity index (χ0) is 14.1. The summed E-state index contributed by atoms with van der Waals surface area (Å²) >= 11 is 7.28. The largest absolute Gasteiger partial charge is 0.304 e. The van der Waals surface area contributed by atoms with Crippen molar-refractivity contribution in [3.63, 3.8) is 0 Å². The van der Waals surface area contributed by atoms with E-state index in [9.17, 15) is 0 Å². The van der Waals surface area contributed by atoms with Crippen LogP contribution in [-0.2, 0) is 6.54 Å². The quantitative estimate of drug-likeness (QED) is 0.608. The Morgan fingerprint density at radius 2 is 2.05 bits per heavy atom. The average molecular weight is 366 g/mol. The van der Waals surface area contributed by atoms with Gasteiger partial charge in [0.1, 0.15) is 0 Å². The first-order chi connectivity index (χ1) is 9.66. The highest BCUT2D eigenvalue weighted by Gasteiger charge is 2.14. The molecule has 0 radical (unpaired) electrons. The second-order valence-corrected chi connectivity index (χ2v) is 7.82. The molecule has 2 heterocycles. The molecule has 1 aromatic carbocycles. The van der Waals surface area contributed by atoms with Crippen molar-refractivity contribution in [3.8, 4) is 0 Å². The van der Waals surface area contributed by atoms with Crippen molar-refractivity contribution >= 4 is 48.7 Å². The lowest BCUT2D eigenvalue weighted by Gasteiger charge is -2.13. The van der Waals surface area contributed by atoms with Crippen molar-refractivity contribution in [2.24, 2.45) is 0 Å². The molecule has 3 aromatic rings. The Labute approximate surface area is 135 Å². The fourth-order valence-corrected chi connectivity index (χ4v) is 5.08. The Balaban J connectivity index is 1.80. The first kappa shape index (κ1) is 14.3. The normalized spacial score (nSPS) is 12.9. The standard InChI is InChI=1S/C16H16BrNS2/c1-10-12-5-3-4-6-14(12)20-16(10)11(2)18-9-15-13(17)7-8-19-15/h3-8,11,18H,9H2,1-2H3. The molecule has 2 aromatic heterocycles. The van der Waals surface area contributed by atoms with Gasteiger partial charge in [0.2, 0.25) is 0 Å². The van der Waals surface area contributed by atoms with E-state index < -0.39 is 0 Å². The molecule has 20 heavy (non-hydrogen) atoms. The molecule has 3 rings (SSSR count). The lowest BCUT2D eigenvalue weighted by atomic mass is 10.1. The molecule has 0 saturated carbocycles. The maximum atomic E-state index is 3.63. The van der Waals surface area contributed by atoms with Gasteiger partial charge in [0.05, 0.1) is 0 Å². The Hall–Kier alpha value is -0.680. The van der Waals surface area contributed by atoms with E-state index >= 15 is 0 Å². The topological polar surface area (TPSA) is 12.0 Å². The number of nitrogens with one attached hydrogen (secondary N) is 1. The van der Waals surface area contributed by atoms with Crippen LogP contribution in [0.4, 0.5) is 0 Å². The van der Waals surface area contributed by atoms with Gasteiger partial charge in [-0.25, -0.2) is 0 Å². The van der Waals surface area contributed by atoms with Crippen LogP contribution in [0, 0.1) is 6.92 Å². The average Bonchev–Trinajstić information content (AvgIpc) is 3.01. The SMILES string of the molecule is Cc1c(C(C)NCc2sccc2Br)sc2ccccc12. The van der Waals surface area contributed by atoms with Crippen molar-refractivity contribution in [1.82, 2.24) is 5.32 Å². The van der Waals surface area contributed by atoms with Crippen LogP contribution >= 0.6 is 38.6 Å². The Morgan fingerprint density at radius 1 is 1.25 bits per heavy atom. The van der Waals surface area contributed by atoms with Gasteiger partial charge in [0.15, 0.2) is 0 Å². The van der Waals surface area contributed by atoms with E-state index in [0.29, 0.717) is 6.04 Å². The maximum absolute atomic E-state index is 3.63. The highest BCUT2D eigenvalue weighted by atomic mass is 79.9. The van der Waals surface area contributed by atoms with Crippen molar-refractivity contribution in [2.75, 3.05) is 0 Å². The highest BCUT2D eigenvalue weighted by molar-refractivity contribution is 9.10. The maximum Gasteiger partial charge on any atom is 0.0392 e. The summed E-state index contributed by atoms with van der Waals surface area (Å²) in [4.78, 5) is 2.80. The molecule has 0 bridgehead atoms. The van der Waals surface area contributed by atoms with E-state index in [4.69, 9.17) is 0 Å². The number of fused-ring (bicyclic) bond motifs is 1. The lowest BCUT2D eigenvalue weighted by Crippen LogP contribution is -2.17. The van der Waals surface area contributed by atoms with Gasteiger partial charge < -0.3 is 5.32 Å². The summed E-state index contributed by atoms with van der Waals surface area (Å²) in [5.74, 6) is 0. The second kappa shape index (κ2) is 5.98. The van der Waals surface area contributed by atoms with Crippen LogP contribution in [0.15, 0.2) is 40.2 Å². The van der Waals surface area contributed by atoms with Crippen LogP contribution in [0.3, 0.4) is 0 Å². The monoisotopic (exact) mass is 365 g/mol. The minimum Gasteiger partial charge on any atom is -0.304 e. The lowest BCUT2D eigenvalue weighted by molar-refractivity contribution is 0.584. The van der Waals surface area contributed by atoms with Crippen LogP contribution in [0.5, 0.6) is 0 Å². The number of benzene rings is 1. The van der Waals surface area contributed by atoms with Crippen molar-refractivity contribution in [2.45, 2.75) is 26.4 Å². The molecule has 1 unspecified atom stereocenters. The third kappa shape index (κ3) is 2.70. The van der Waals surface area contributed by atoms with E-state index in [2.05, 4.69) is 70.8 Å².